The Kier molecular flexibility index (Phi) is 3.28. The molecule has 5 atom stereocenters. The van der Waals surface area contributed by atoms with Crippen LogP contribution in [0.4, 0.5) is 0 Å². The number of pyridine rings is 1. The second-order valence-corrected chi connectivity index (χ2v) is 8.71. The molecular weight excluding hydrogens is 308 g/mol. The van der Waals surface area contributed by atoms with Crippen molar-refractivity contribution in [1.29, 1.82) is 0 Å². The standard InChI is InChI=1S/C15H19ClN2O2S/c16-15-14(5-2-6-17-15)21(19,20)18-13-8-9-7-12(13)11-4-1-3-10(9)11/h2,5-6,9-13,18H,1,3-4,7-8H2. The van der Waals surface area contributed by atoms with Crippen molar-refractivity contribution < 1.29 is 8.42 Å². The molecule has 5 unspecified atom stereocenters. The second kappa shape index (κ2) is 4.93. The predicted octanol–water partition coefficient (Wildman–Crippen LogP) is 2.84. The number of fused-ring (bicyclic) bond motifs is 5. The Bertz CT molecular complexity index is 663. The van der Waals surface area contributed by atoms with Gasteiger partial charge in [0.05, 0.1) is 0 Å². The number of rotatable bonds is 3. The van der Waals surface area contributed by atoms with E-state index in [2.05, 4.69) is 9.71 Å². The van der Waals surface area contributed by atoms with E-state index in [1.165, 1.54) is 37.9 Å². The van der Waals surface area contributed by atoms with Crippen LogP contribution in [0.1, 0.15) is 32.1 Å². The molecule has 6 heteroatoms. The molecule has 1 N–H and O–H groups in total. The van der Waals surface area contributed by atoms with Crippen LogP contribution in [0.2, 0.25) is 5.15 Å². The maximum atomic E-state index is 12.5. The fourth-order valence-corrected chi connectivity index (χ4v) is 6.79. The van der Waals surface area contributed by atoms with E-state index in [0.29, 0.717) is 5.92 Å². The maximum Gasteiger partial charge on any atom is 0.243 e. The molecule has 114 valence electrons. The number of aromatic nitrogens is 1. The minimum Gasteiger partial charge on any atom is -0.243 e. The van der Waals surface area contributed by atoms with Crippen molar-refractivity contribution >= 4 is 21.6 Å². The first-order chi connectivity index (χ1) is 10.1. The van der Waals surface area contributed by atoms with Crippen molar-refractivity contribution in [2.24, 2.45) is 23.7 Å². The maximum absolute atomic E-state index is 12.5. The molecule has 0 radical (unpaired) electrons. The van der Waals surface area contributed by atoms with Crippen molar-refractivity contribution in [2.45, 2.75) is 43.0 Å². The average molecular weight is 327 g/mol. The van der Waals surface area contributed by atoms with Crippen LogP contribution < -0.4 is 4.72 Å². The topological polar surface area (TPSA) is 59.1 Å². The number of hydrogen-bond acceptors (Lipinski definition) is 3. The summed E-state index contributed by atoms with van der Waals surface area (Å²) in [7, 11) is -3.57. The smallest absolute Gasteiger partial charge is 0.243 e. The Labute approximate surface area is 130 Å². The summed E-state index contributed by atoms with van der Waals surface area (Å²) in [5, 5.41) is 0.0481. The van der Waals surface area contributed by atoms with Gasteiger partial charge in [0, 0.05) is 12.2 Å². The minimum absolute atomic E-state index is 0.0481. The monoisotopic (exact) mass is 326 g/mol. The van der Waals surface area contributed by atoms with Gasteiger partial charge in [0.25, 0.3) is 0 Å². The molecule has 0 aromatic carbocycles. The fraction of sp³-hybridized carbons (Fsp3) is 0.667. The first kappa shape index (κ1) is 14.0. The molecule has 3 aliphatic carbocycles. The highest BCUT2D eigenvalue weighted by molar-refractivity contribution is 7.89. The van der Waals surface area contributed by atoms with Crippen LogP contribution in [0.15, 0.2) is 23.2 Å². The van der Waals surface area contributed by atoms with Crippen molar-refractivity contribution in [1.82, 2.24) is 9.71 Å². The molecular formula is C15H19ClN2O2S. The van der Waals surface area contributed by atoms with Gasteiger partial charge in [-0.2, -0.15) is 0 Å². The summed E-state index contributed by atoms with van der Waals surface area (Å²) in [4.78, 5) is 3.96. The molecule has 1 heterocycles. The minimum atomic E-state index is -3.57. The zero-order chi connectivity index (χ0) is 14.6. The summed E-state index contributed by atoms with van der Waals surface area (Å²) in [6, 6.07) is 3.20. The quantitative estimate of drug-likeness (QED) is 0.869. The summed E-state index contributed by atoms with van der Waals surface area (Å²) in [6.45, 7) is 0. The molecule has 2 bridgehead atoms. The van der Waals surface area contributed by atoms with Gasteiger partial charge >= 0.3 is 0 Å². The van der Waals surface area contributed by atoms with Gasteiger partial charge in [-0.25, -0.2) is 18.1 Å². The van der Waals surface area contributed by atoms with Crippen LogP contribution in [-0.4, -0.2) is 19.4 Å². The van der Waals surface area contributed by atoms with Crippen LogP contribution in [-0.2, 0) is 10.0 Å². The summed E-state index contributed by atoms with van der Waals surface area (Å²) in [6.07, 6.45) is 7.63. The lowest BCUT2D eigenvalue weighted by atomic mass is 9.79. The lowest BCUT2D eigenvalue weighted by Crippen LogP contribution is -2.42. The highest BCUT2D eigenvalue weighted by Gasteiger charge is 2.54. The molecule has 0 spiro atoms. The third kappa shape index (κ3) is 2.21. The first-order valence-electron chi connectivity index (χ1n) is 7.69. The highest BCUT2D eigenvalue weighted by atomic mass is 35.5. The predicted molar refractivity (Wildman–Crippen MR) is 80.4 cm³/mol. The Morgan fingerprint density at radius 2 is 2.00 bits per heavy atom. The Hall–Kier alpha value is -0.650. The van der Waals surface area contributed by atoms with Crippen molar-refractivity contribution in [3.63, 3.8) is 0 Å². The molecule has 3 saturated carbocycles. The molecule has 4 rings (SSSR count). The van der Waals surface area contributed by atoms with Crippen LogP contribution in [0.5, 0.6) is 0 Å². The molecule has 3 aliphatic rings. The van der Waals surface area contributed by atoms with E-state index in [0.717, 1.165) is 24.2 Å². The summed E-state index contributed by atoms with van der Waals surface area (Å²) >= 11 is 5.93. The van der Waals surface area contributed by atoms with E-state index in [1.807, 2.05) is 0 Å². The zero-order valence-corrected chi connectivity index (χ0v) is 13.3. The van der Waals surface area contributed by atoms with Gasteiger partial charge in [0.1, 0.15) is 10.0 Å². The second-order valence-electron chi connectivity index (χ2n) is 6.67. The molecule has 1 aromatic heterocycles. The molecule has 0 saturated heterocycles. The van der Waals surface area contributed by atoms with E-state index in [4.69, 9.17) is 11.6 Å². The Morgan fingerprint density at radius 1 is 1.19 bits per heavy atom. The van der Waals surface area contributed by atoms with Gasteiger partial charge in [-0.05, 0) is 61.5 Å². The van der Waals surface area contributed by atoms with Crippen LogP contribution in [0.25, 0.3) is 0 Å². The van der Waals surface area contributed by atoms with Crippen LogP contribution >= 0.6 is 11.6 Å². The molecule has 4 nitrogen and oxygen atoms in total. The van der Waals surface area contributed by atoms with Crippen LogP contribution in [0, 0.1) is 23.7 Å². The molecule has 0 aliphatic heterocycles. The van der Waals surface area contributed by atoms with Gasteiger partial charge in [0.15, 0.2) is 0 Å². The lowest BCUT2D eigenvalue weighted by molar-refractivity contribution is 0.224. The number of nitrogens with zero attached hydrogens (tertiary/aromatic N) is 1. The van der Waals surface area contributed by atoms with Crippen molar-refractivity contribution in [2.75, 3.05) is 0 Å². The third-order valence-electron chi connectivity index (χ3n) is 5.75. The van der Waals surface area contributed by atoms with E-state index in [9.17, 15) is 8.42 Å². The normalized spacial score (nSPS) is 37.9. The van der Waals surface area contributed by atoms with Gasteiger partial charge in [-0.15, -0.1) is 0 Å². The van der Waals surface area contributed by atoms with Gasteiger partial charge < -0.3 is 0 Å². The number of hydrogen-bond donors (Lipinski definition) is 1. The molecule has 0 amide bonds. The lowest BCUT2D eigenvalue weighted by Gasteiger charge is -2.31. The van der Waals surface area contributed by atoms with Crippen molar-refractivity contribution in [3.8, 4) is 0 Å². The SMILES string of the molecule is O=S(=O)(NC1CC2CC1C1CCCC21)c1cccnc1Cl. The van der Waals surface area contributed by atoms with Gasteiger partial charge in [-0.3, -0.25) is 0 Å². The van der Waals surface area contributed by atoms with Gasteiger partial charge in [-0.1, -0.05) is 18.0 Å². The first-order valence-corrected chi connectivity index (χ1v) is 9.55. The summed E-state index contributed by atoms with van der Waals surface area (Å²) in [5.74, 6) is 2.84. The summed E-state index contributed by atoms with van der Waals surface area (Å²) < 4.78 is 28.0. The average Bonchev–Trinajstić information content (AvgIpc) is 3.09. The third-order valence-corrected chi connectivity index (χ3v) is 7.68. The highest BCUT2D eigenvalue weighted by Crippen LogP contribution is 2.58. The number of halogens is 1. The zero-order valence-electron chi connectivity index (χ0n) is 11.7. The van der Waals surface area contributed by atoms with E-state index in [-0.39, 0.29) is 16.1 Å². The van der Waals surface area contributed by atoms with Crippen molar-refractivity contribution in [3.05, 3.63) is 23.5 Å². The summed E-state index contributed by atoms with van der Waals surface area (Å²) in [5.41, 5.74) is 0. The van der Waals surface area contributed by atoms with E-state index >= 15 is 0 Å². The number of nitrogens with one attached hydrogen (secondary N) is 1. The Balaban J connectivity index is 1.56. The van der Waals surface area contributed by atoms with E-state index in [1.54, 1.807) is 6.07 Å². The molecule has 21 heavy (non-hydrogen) atoms. The van der Waals surface area contributed by atoms with E-state index < -0.39 is 10.0 Å². The fourth-order valence-electron chi connectivity index (χ4n) is 5.04. The van der Waals surface area contributed by atoms with Crippen LogP contribution in [0.3, 0.4) is 0 Å². The molecule has 3 fully saturated rings. The molecule has 1 aromatic rings. The Morgan fingerprint density at radius 3 is 2.81 bits per heavy atom. The largest absolute Gasteiger partial charge is 0.243 e. The van der Waals surface area contributed by atoms with Gasteiger partial charge in [0.2, 0.25) is 10.0 Å². The number of sulfonamides is 1.